The molecule has 1 rings (SSSR count). The second kappa shape index (κ2) is 8.48. The fourth-order valence-corrected chi connectivity index (χ4v) is 1.70. The largest absolute Gasteiger partial charge is 0.469 e. The molecule has 1 atom stereocenters. The number of carbonyl (C=O) groups is 1. The summed E-state index contributed by atoms with van der Waals surface area (Å²) < 4.78 is 10.3. The normalized spacial score (nSPS) is 11.9. The lowest BCUT2D eigenvalue weighted by atomic mass is 10.0. The number of hydrogen-bond acceptors (Lipinski definition) is 3. The van der Waals surface area contributed by atoms with E-state index in [9.17, 15) is 4.79 Å². The summed E-state index contributed by atoms with van der Waals surface area (Å²) in [6.45, 7) is 6.95. The Morgan fingerprint density at radius 1 is 1.32 bits per heavy atom. The fraction of sp³-hybridized carbons (Fsp3) is 0.438. The summed E-state index contributed by atoms with van der Waals surface area (Å²) in [5, 5.41) is 0. The Morgan fingerprint density at radius 2 is 2.00 bits per heavy atom. The van der Waals surface area contributed by atoms with Crippen LogP contribution in [-0.2, 0) is 20.9 Å². The summed E-state index contributed by atoms with van der Waals surface area (Å²) >= 11 is 0. The lowest BCUT2D eigenvalue weighted by Gasteiger charge is -2.11. The minimum Gasteiger partial charge on any atom is -0.469 e. The van der Waals surface area contributed by atoms with Crippen LogP contribution in [0.1, 0.15) is 25.3 Å². The summed E-state index contributed by atoms with van der Waals surface area (Å²) in [4.78, 5) is 11.2. The van der Waals surface area contributed by atoms with Crippen molar-refractivity contribution in [3.8, 4) is 0 Å². The Labute approximate surface area is 115 Å². The number of rotatable bonds is 8. The zero-order valence-corrected chi connectivity index (χ0v) is 11.7. The van der Waals surface area contributed by atoms with E-state index < -0.39 is 0 Å². The van der Waals surface area contributed by atoms with Crippen LogP contribution in [0, 0.1) is 5.92 Å². The van der Waals surface area contributed by atoms with Crippen molar-refractivity contribution in [2.45, 2.75) is 26.4 Å². The van der Waals surface area contributed by atoms with Gasteiger partial charge in [-0.15, -0.1) is 0 Å². The first kappa shape index (κ1) is 15.4. The van der Waals surface area contributed by atoms with Crippen molar-refractivity contribution in [1.29, 1.82) is 0 Å². The SMILES string of the molecule is C=C(CCC(C)C(=O)OC)COCc1ccccc1. The van der Waals surface area contributed by atoms with E-state index in [0.29, 0.717) is 13.2 Å². The molecule has 0 saturated carbocycles. The van der Waals surface area contributed by atoms with Crippen LogP contribution in [0.2, 0.25) is 0 Å². The maximum absolute atomic E-state index is 11.2. The zero-order valence-electron chi connectivity index (χ0n) is 11.7. The van der Waals surface area contributed by atoms with Gasteiger partial charge in [-0.05, 0) is 18.4 Å². The van der Waals surface area contributed by atoms with Crippen molar-refractivity contribution in [2.24, 2.45) is 5.92 Å². The molecule has 0 radical (unpaired) electrons. The number of ether oxygens (including phenoxy) is 2. The molecule has 0 heterocycles. The molecule has 0 aliphatic carbocycles. The molecule has 0 aliphatic heterocycles. The van der Waals surface area contributed by atoms with E-state index in [1.54, 1.807) is 0 Å². The van der Waals surface area contributed by atoms with Crippen LogP contribution in [0.25, 0.3) is 0 Å². The van der Waals surface area contributed by atoms with Gasteiger partial charge in [0.1, 0.15) is 0 Å². The van der Waals surface area contributed by atoms with E-state index in [0.717, 1.165) is 24.0 Å². The minimum absolute atomic E-state index is 0.0872. The molecule has 0 N–H and O–H groups in total. The number of esters is 1. The quantitative estimate of drug-likeness (QED) is 0.532. The van der Waals surface area contributed by atoms with Gasteiger partial charge in [0.05, 0.1) is 26.2 Å². The van der Waals surface area contributed by atoms with Gasteiger partial charge in [0.25, 0.3) is 0 Å². The molecule has 0 spiro atoms. The van der Waals surface area contributed by atoms with Gasteiger partial charge in [0.2, 0.25) is 0 Å². The average Bonchev–Trinajstić information content (AvgIpc) is 2.45. The van der Waals surface area contributed by atoms with Gasteiger partial charge in [0, 0.05) is 0 Å². The highest BCUT2D eigenvalue weighted by molar-refractivity contribution is 5.71. The van der Waals surface area contributed by atoms with Crippen LogP contribution in [0.5, 0.6) is 0 Å². The molecule has 1 aromatic carbocycles. The molecule has 0 bridgehead atoms. The van der Waals surface area contributed by atoms with Crippen LogP contribution >= 0.6 is 0 Å². The Morgan fingerprint density at radius 3 is 2.63 bits per heavy atom. The van der Waals surface area contributed by atoms with Crippen molar-refractivity contribution in [3.05, 3.63) is 48.0 Å². The van der Waals surface area contributed by atoms with Gasteiger partial charge >= 0.3 is 5.97 Å². The van der Waals surface area contributed by atoms with Gasteiger partial charge < -0.3 is 9.47 Å². The Bertz CT molecular complexity index is 398. The predicted octanol–water partition coefficient (Wildman–Crippen LogP) is 3.35. The first-order chi connectivity index (χ1) is 9.13. The molecule has 1 aromatic rings. The van der Waals surface area contributed by atoms with Crippen molar-refractivity contribution in [2.75, 3.05) is 13.7 Å². The van der Waals surface area contributed by atoms with Crippen molar-refractivity contribution < 1.29 is 14.3 Å². The van der Waals surface area contributed by atoms with Crippen LogP contribution in [0.3, 0.4) is 0 Å². The number of benzene rings is 1. The van der Waals surface area contributed by atoms with Gasteiger partial charge in [-0.1, -0.05) is 49.4 Å². The van der Waals surface area contributed by atoms with E-state index in [1.807, 2.05) is 37.3 Å². The second-order valence-electron chi connectivity index (χ2n) is 4.69. The number of carbonyl (C=O) groups excluding carboxylic acids is 1. The zero-order chi connectivity index (χ0) is 14.1. The lowest BCUT2D eigenvalue weighted by molar-refractivity contribution is -0.145. The first-order valence-corrected chi connectivity index (χ1v) is 6.49. The molecule has 0 amide bonds. The maximum Gasteiger partial charge on any atom is 0.308 e. The molecule has 0 saturated heterocycles. The van der Waals surface area contributed by atoms with E-state index in [-0.39, 0.29) is 11.9 Å². The second-order valence-corrected chi connectivity index (χ2v) is 4.69. The highest BCUT2D eigenvalue weighted by Gasteiger charge is 2.12. The standard InChI is InChI=1S/C16H22O3/c1-13(9-10-14(2)16(17)18-3)11-19-12-15-7-5-4-6-8-15/h4-8,14H,1,9-12H2,2-3H3. The molecule has 3 heteroatoms. The summed E-state index contributed by atoms with van der Waals surface area (Å²) in [6, 6.07) is 10.0. The number of methoxy groups -OCH3 is 1. The summed E-state index contributed by atoms with van der Waals surface area (Å²) in [5.41, 5.74) is 2.16. The van der Waals surface area contributed by atoms with Crippen LogP contribution < -0.4 is 0 Å². The Kier molecular flexibility index (Phi) is 6.90. The molecule has 0 fully saturated rings. The molecular formula is C16H22O3. The summed E-state index contributed by atoms with van der Waals surface area (Å²) in [6.07, 6.45) is 1.53. The topological polar surface area (TPSA) is 35.5 Å². The third kappa shape index (κ3) is 6.20. The molecule has 0 aliphatic rings. The van der Waals surface area contributed by atoms with Gasteiger partial charge in [-0.3, -0.25) is 4.79 Å². The molecule has 0 aromatic heterocycles. The molecule has 104 valence electrons. The summed E-state index contributed by atoms with van der Waals surface area (Å²) in [5.74, 6) is -0.256. The summed E-state index contributed by atoms with van der Waals surface area (Å²) in [7, 11) is 1.41. The van der Waals surface area contributed by atoms with E-state index in [4.69, 9.17) is 4.74 Å². The van der Waals surface area contributed by atoms with Crippen LogP contribution in [0.4, 0.5) is 0 Å². The van der Waals surface area contributed by atoms with Gasteiger partial charge in [0.15, 0.2) is 0 Å². The molecule has 3 nitrogen and oxygen atoms in total. The monoisotopic (exact) mass is 262 g/mol. The highest BCUT2D eigenvalue weighted by atomic mass is 16.5. The van der Waals surface area contributed by atoms with Gasteiger partial charge in [-0.25, -0.2) is 0 Å². The highest BCUT2D eigenvalue weighted by Crippen LogP contribution is 2.13. The van der Waals surface area contributed by atoms with E-state index in [1.165, 1.54) is 7.11 Å². The minimum atomic E-state index is -0.169. The third-order valence-corrected chi connectivity index (χ3v) is 2.95. The van der Waals surface area contributed by atoms with Crippen LogP contribution in [0.15, 0.2) is 42.5 Å². The molecular weight excluding hydrogens is 240 g/mol. The van der Waals surface area contributed by atoms with E-state index in [2.05, 4.69) is 11.3 Å². The Hall–Kier alpha value is -1.61. The lowest BCUT2D eigenvalue weighted by Crippen LogP contribution is -2.13. The fourth-order valence-electron chi connectivity index (χ4n) is 1.70. The number of hydrogen-bond donors (Lipinski definition) is 0. The Balaban J connectivity index is 2.16. The van der Waals surface area contributed by atoms with Crippen molar-refractivity contribution >= 4 is 5.97 Å². The average molecular weight is 262 g/mol. The predicted molar refractivity (Wildman–Crippen MR) is 75.7 cm³/mol. The van der Waals surface area contributed by atoms with E-state index >= 15 is 0 Å². The molecule has 1 unspecified atom stereocenters. The smallest absolute Gasteiger partial charge is 0.308 e. The van der Waals surface area contributed by atoms with Gasteiger partial charge in [-0.2, -0.15) is 0 Å². The third-order valence-electron chi connectivity index (χ3n) is 2.95. The van der Waals surface area contributed by atoms with Crippen molar-refractivity contribution in [1.82, 2.24) is 0 Å². The maximum atomic E-state index is 11.2. The molecule has 19 heavy (non-hydrogen) atoms. The van der Waals surface area contributed by atoms with Crippen LogP contribution in [-0.4, -0.2) is 19.7 Å². The van der Waals surface area contributed by atoms with Crippen molar-refractivity contribution in [3.63, 3.8) is 0 Å². The first-order valence-electron chi connectivity index (χ1n) is 6.49.